The maximum absolute atomic E-state index is 10.9. The zero-order chi connectivity index (χ0) is 12.8. The van der Waals surface area contributed by atoms with E-state index >= 15 is 0 Å². The number of hydrogen-bond donors (Lipinski definition) is 4. The predicted octanol–water partition coefficient (Wildman–Crippen LogP) is 0.541. The molecular formula is C6H14O8P2. The fourth-order valence-electron chi connectivity index (χ4n) is 0.738. The first-order valence-corrected chi connectivity index (χ1v) is 7.19. The predicted molar refractivity (Wildman–Crippen MR) is 54.4 cm³/mol. The summed E-state index contributed by atoms with van der Waals surface area (Å²) in [6.07, 6.45) is 1.70. The molecule has 96 valence electrons. The van der Waals surface area contributed by atoms with Crippen LogP contribution in [0.5, 0.6) is 0 Å². The van der Waals surface area contributed by atoms with Crippen molar-refractivity contribution in [2.24, 2.45) is 0 Å². The van der Waals surface area contributed by atoms with E-state index in [1.54, 1.807) is 6.92 Å². The van der Waals surface area contributed by atoms with Gasteiger partial charge in [0.25, 0.3) is 0 Å². The fourth-order valence-corrected chi connectivity index (χ4v) is 2.32. The summed E-state index contributed by atoms with van der Waals surface area (Å²) < 4.78 is 29.0. The Balaban J connectivity index is 4.06. The summed E-state index contributed by atoms with van der Waals surface area (Å²) in [5.74, 6) is 0. The van der Waals surface area contributed by atoms with Gasteiger partial charge in [0, 0.05) is 0 Å². The van der Waals surface area contributed by atoms with E-state index in [0.717, 1.165) is 0 Å². The second-order valence-electron chi connectivity index (χ2n) is 2.86. The van der Waals surface area contributed by atoms with Gasteiger partial charge in [0.2, 0.25) is 0 Å². The molecule has 0 spiro atoms. The van der Waals surface area contributed by atoms with Crippen LogP contribution in [0.3, 0.4) is 0 Å². The molecule has 1 unspecified atom stereocenters. The van der Waals surface area contributed by atoms with Gasteiger partial charge in [-0.25, -0.2) is 9.13 Å². The van der Waals surface area contributed by atoms with Gasteiger partial charge >= 0.3 is 15.6 Å². The van der Waals surface area contributed by atoms with Crippen molar-refractivity contribution in [3.8, 4) is 0 Å². The van der Waals surface area contributed by atoms with Gasteiger partial charge in [-0.3, -0.25) is 4.52 Å². The van der Waals surface area contributed by atoms with E-state index in [0.29, 0.717) is 5.57 Å². The second kappa shape index (κ2) is 6.64. The van der Waals surface area contributed by atoms with Gasteiger partial charge in [-0.05, 0) is 13.3 Å². The normalized spacial score (nSPS) is 17.2. The van der Waals surface area contributed by atoms with Gasteiger partial charge in [0.1, 0.15) is 0 Å². The standard InChI is InChI=1S/C6H14O8P2/c1-6(2-4-7)3-5-13-16(11,12)14-15(8,9)10/h2,7H,3-5H2,1H3,(H,11,12)(H2,8,9,10). The van der Waals surface area contributed by atoms with Crippen molar-refractivity contribution in [3.05, 3.63) is 11.6 Å². The largest absolute Gasteiger partial charge is 0.481 e. The molecule has 16 heavy (non-hydrogen) atoms. The molecule has 0 rings (SSSR count). The van der Waals surface area contributed by atoms with Crippen LogP contribution >= 0.6 is 15.6 Å². The molecule has 0 heterocycles. The topological polar surface area (TPSA) is 134 Å². The molecule has 1 atom stereocenters. The Hall–Kier alpha value is -0.0400. The SMILES string of the molecule is CC(=CCO)CCOP(=O)(O)OP(=O)(O)O. The van der Waals surface area contributed by atoms with E-state index < -0.39 is 15.6 Å². The molecule has 0 amide bonds. The van der Waals surface area contributed by atoms with Crippen molar-refractivity contribution in [1.29, 1.82) is 0 Å². The van der Waals surface area contributed by atoms with Crippen LogP contribution in [0.15, 0.2) is 11.6 Å². The van der Waals surface area contributed by atoms with Crippen molar-refractivity contribution < 1.29 is 37.8 Å². The Labute approximate surface area is 92.4 Å². The summed E-state index contributed by atoms with van der Waals surface area (Å²) in [5.41, 5.74) is 0.707. The molecule has 0 saturated heterocycles. The summed E-state index contributed by atoms with van der Waals surface area (Å²) in [6, 6.07) is 0. The molecule has 0 saturated carbocycles. The minimum absolute atomic E-state index is 0.165. The van der Waals surface area contributed by atoms with E-state index in [2.05, 4.69) is 8.83 Å². The number of hydrogen-bond acceptors (Lipinski definition) is 5. The molecule has 0 fully saturated rings. The van der Waals surface area contributed by atoms with E-state index in [9.17, 15) is 9.13 Å². The highest BCUT2D eigenvalue weighted by Gasteiger charge is 2.31. The van der Waals surface area contributed by atoms with Crippen molar-refractivity contribution >= 4 is 15.6 Å². The average molecular weight is 276 g/mol. The van der Waals surface area contributed by atoms with Crippen molar-refractivity contribution in [3.63, 3.8) is 0 Å². The molecule has 0 aromatic carbocycles. The molecule has 8 nitrogen and oxygen atoms in total. The number of phosphoric acid groups is 2. The highest BCUT2D eigenvalue weighted by molar-refractivity contribution is 7.60. The number of phosphoric ester groups is 1. The van der Waals surface area contributed by atoms with Crippen LogP contribution in [0, 0.1) is 0 Å². The van der Waals surface area contributed by atoms with Gasteiger partial charge < -0.3 is 19.8 Å². The lowest BCUT2D eigenvalue weighted by atomic mass is 10.2. The third-order valence-corrected chi connectivity index (χ3v) is 3.59. The van der Waals surface area contributed by atoms with Gasteiger partial charge in [0.15, 0.2) is 0 Å². The van der Waals surface area contributed by atoms with Crippen LogP contribution in [0.1, 0.15) is 13.3 Å². The van der Waals surface area contributed by atoms with Gasteiger partial charge in [0.05, 0.1) is 13.2 Å². The first-order chi connectivity index (χ1) is 7.16. The van der Waals surface area contributed by atoms with E-state index in [-0.39, 0.29) is 19.6 Å². The zero-order valence-electron chi connectivity index (χ0n) is 8.51. The maximum atomic E-state index is 10.9. The highest BCUT2D eigenvalue weighted by atomic mass is 31.3. The van der Waals surface area contributed by atoms with Crippen LogP contribution < -0.4 is 0 Å². The van der Waals surface area contributed by atoms with Crippen LogP contribution in [0.4, 0.5) is 0 Å². The lowest BCUT2D eigenvalue weighted by molar-refractivity contribution is 0.180. The summed E-state index contributed by atoms with van der Waals surface area (Å²) in [5, 5.41) is 8.50. The smallest absolute Gasteiger partial charge is 0.392 e. The molecule has 0 aliphatic rings. The number of aliphatic hydroxyl groups excluding tert-OH is 1. The van der Waals surface area contributed by atoms with E-state index in [4.69, 9.17) is 19.8 Å². The average Bonchev–Trinajstić information content (AvgIpc) is 1.98. The summed E-state index contributed by atoms with van der Waals surface area (Å²) in [4.78, 5) is 25.4. The summed E-state index contributed by atoms with van der Waals surface area (Å²) in [6.45, 7) is 1.24. The highest BCUT2D eigenvalue weighted by Crippen LogP contribution is 2.57. The van der Waals surface area contributed by atoms with Crippen molar-refractivity contribution in [1.82, 2.24) is 0 Å². The minimum Gasteiger partial charge on any atom is -0.392 e. The maximum Gasteiger partial charge on any atom is 0.481 e. The molecule has 0 bridgehead atoms. The first-order valence-electron chi connectivity index (χ1n) is 4.17. The van der Waals surface area contributed by atoms with Gasteiger partial charge in [-0.2, -0.15) is 4.31 Å². The molecule has 10 heteroatoms. The van der Waals surface area contributed by atoms with E-state index in [1.807, 2.05) is 0 Å². The molecule has 4 N–H and O–H groups in total. The molecular weight excluding hydrogens is 262 g/mol. The van der Waals surface area contributed by atoms with Gasteiger partial charge in [-0.15, -0.1) is 0 Å². The quantitative estimate of drug-likeness (QED) is 0.391. The monoisotopic (exact) mass is 276 g/mol. The number of rotatable bonds is 7. The zero-order valence-corrected chi connectivity index (χ0v) is 10.3. The van der Waals surface area contributed by atoms with Crippen LogP contribution in [0.25, 0.3) is 0 Å². The second-order valence-corrected chi connectivity index (χ2v) is 5.69. The Bertz CT molecular complexity index is 331. The van der Waals surface area contributed by atoms with Crippen molar-refractivity contribution in [2.45, 2.75) is 13.3 Å². The third kappa shape index (κ3) is 9.21. The molecule has 0 radical (unpaired) electrons. The van der Waals surface area contributed by atoms with E-state index in [1.165, 1.54) is 6.08 Å². The lowest BCUT2D eigenvalue weighted by Gasteiger charge is -2.12. The van der Waals surface area contributed by atoms with Gasteiger partial charge in [-0.1, -0.05) is 11.6 Å². The first kappa shape index (κ1) is 16.0. The Morgan fingerprint density at radius 2 is 1.88 bits per heavy atom. The number of aliphatic hydroxyl groups is 1. The molecule has 0 aliphatic carbocycles. The lowest BCUT2D eigenvalue weighted by Crippen LogP contribution is -1.97. The molecule has 0 aromatic rings. The van der Waals surface area contributed by atoms with Crippen LogP contribution in [-0.4, -0.2) is 33.0 Å². The summed E-state index contributed by atoms with van der Waals surface area (Å²) in [7, 11) is -9.80. The Morgan fingerprint density at radius 3 is 2.31 bits per heavy atom. The molecule has 0 aromatic heterocycles. The third-order valence-electron chi connectivity index (χ3n) is 1.40. The van der Waals surface area contributed by atoms with Crippen molar-refractivity contribution in [2.75, 3.05) is 13.2 Å². The van der Waals surface area contributed by atoms with Crippen LogP contribution in [-0.2, 0) is 18.0 Å². The summed E-state index contributed by atoms with van der Waals surface area (Å²) >= 11 is 0. The van der Waals surface area contributed by atoms with Crippen LogP contribution in [0.2, 0.25) is 0 Å². The Kier molecular flexibility index (Phi) is 6.62. The fraction of sp³-hybridized carbons (Fsp3) is 0.667. The Morgan fingerprint density at radius 1 is 1.31 bits per heavy atom. The molecule has 0 aliphatic heterocycles. The minimum atomic E-state index is -5.06.